The minimum Gasteiger partial charge on any atom is -0.465 e. The van der Waals surface area contributed by atoms with Crippen LogP contribution < -0.4 is 5.32 Å². The highest BCUT2D eigenvalue weighted by Gasteiger charge is 2.22. The summed E-state index contributed by atoms with van der Waals surface area (Å²) in [5.41, 5.74) is 0. The largest absolute Gasteiger partial charge is 0.465 e. The quantitative estimate of drug-likeness (QED) is 0.761. The van der Waals surface area contributed by atoms with Crippen molar-refractivity contribution in [2.75, 3.05) is 6.61 Å². The van der Waals surface area contributed by atoms with Gasteiger partial charge in [-0.15, -0.1) is 0 Å². The summed E-state index contributed by atoms with van der Waals surface area (Å²) in [6, 6.07) is -0.200. The SMILES string of the molecule is CCOC(=O)C(Cn1nc(C)nc1C)NC(C)C. The highest BCUT2D eigenvalue weighted by atomic mass is 16.5. The van der Waals surface area contributed by atoms with E-state index in [0.29, 0.717) is 19.0 Å². The Morgan fingerprint density at radius 3 is 2.56 bits per heavy atom. The van der Waals surface area contributed by atoms with E-state index in [4.69, 9.17) is 4.74 Å². The van der Waals surface area contributed by atoms with Gasteiger partial charge < -0.3 is 10.1 Å². The van der Waals surface area contributed by atoms with Crippen molar-refractivity contribution in [2.24, 2.45) is 0 Å². The first-order chi connectivity index (χ1) is 8.43. The summed E-state index contributed by atoms with van der Waals surface area (Å²) in [6.45, 7) is 10.3. The molecule has 0 radical (unpaired) electrons. The molecular weight excluding hydrogens is 232 g/mol. The average Bonchev–Trinajstić information content (AvgIpc) is 2.56. The van der Waals surface area contributed by atoms with Crippen LogP contribution in [0.1, 0.15) is 32.4 Å². The van der Waals surface area contributed by atoms with E-state index in [1.165, 1.54) is 0 Å². The minimum absolute atomic E-state index is 0.198. The zero-order chi connectivity index (χ0) is 13.7. The third kappa shape index (κ3) is 4.10. The Labute approximate surface area is 108 Å². The topological polar surface area (TPSA) is 69.0 Å². The second-order valence-electron chi connectivity index (χ2n) is 4.51. The molecule has 0 saturated heterocycles. The number of carbonyl (C=O) groups excluding carboxylic acids is 1. The molecule has 1 atom stereocenters. The molecule has 0 bridgehead atoms. The fourth-order valence-electron chi connectivity index (χ4n) is 1.75. The molecule has 0 amide bonds. The smallest absolute Gasteiger partial charge is 0.325 e. The van der Waals surface area contributed by atoms with Crippen molar-refractivity contribution in [3.05, 3.63) is 11.6 Å². The van der Waals surface area contributed by atoms with Gasteiger partial charge in [0.15, 0.2) is 0 Å². The third-order valence-corrected chi connectivity index (χ3v) is 2.42. The Balaban J connectivity index is 2.77. The summed E-state index contributed by atoms with van der Waals surface area (Å²) in [6.07, 6.45) is 0. The Morgan fingerprint density at radius 1 is 1.44 bits per heavy atom. The van der Waals surface area contributed by atoms with Crippen LogP contribution in [-0.4, -0.2) is 39.4 Å². The number of hydrogen-bond acceptors (Lipinski definition) is 5. The Morgan fingerprint density at radius 2 is 2.11 bits per heavy atom. The third-order valence-electron chi connectivity index (χ3n) is 2.42. The van der Waals surface area contributed by atoms with Gasteiger partial charge in [-0.1, -0.05) is 13.8 Å². The molecule has 1 rings (SSSR count). The van der Waals surface area contributed by atoms with Gasteiger partial charge in [0.25, 0.3) is 0 Å². The van der Waals surface area contributed by atoms with E-state index in [9.17, 15) is 4.79 Å². The van der Waals surface area contributed by atoms with Crippen LogP contribution >= 0.6 is 0 Å². The molecule has 0 aliphatic heterocycles. The number of nitrogens with one attached hydrogen (secondary N) is 1. The van der Waals surface area contributed by atoms with E-state index in [0.717, 1.165) is 5.82 Å². The molecule has 0 aliphatic carbocycles. The fourth-order valence-corrected chi connectivity index (χ4v) is 1.75. The number of esters is 1. The Bertz CT molecular complexity index is 401. The molecule has 1 aromatic rings. The number of ether oxygens (including phenoxy) is 1. The first-order valence-corrected chi connectivity index (χ1v) is 6.24. The van der Waals surface area contributed by atoms with E-state index < -0.39 is 6.04 Å². The van der Waals surface area contributed by atoms with Crippen LogP contribution in [0.4, 0.5) is 0 Å². The molecule has 102 valence electrons. The van der Waals surface area contributed by atoms with Gasteiger partial charge in [0.1, 0.15) is 17.7 Å². The van der Waals surface area contributed by atoms with Crippen LogP contribution in [0.15, 0.2) is 0 Å². The predicted octanol–water partition coefficient (Wildman–Crippen LogP) is 0.825. The molecule has 0 spiro atoms. The lowest BCUT2D eigenvalue weighted by Gasteiger charge is -2.19. The Kier molecular flexibility index (Phi) is 5.27. The zero-order valence-corrected chi connectivity index (χ0v) is 11.7. The van der Waals surface area contributed by atoms with Crippen LogP contribution in [0, 0.1) is 13.8 Å². The number of aryl methyl sites for hydroxylation is 2. The normalized spacial score (nSPS) is 12.8. The van der Waals surface area contributed by atoms with Gasteiger partial charge in [-0.3, -0.25) is 4.79 Å². The highest BCUT2D eigenvalue weighted by molar-refractivity contribution is 5.75. The predicted molar refractivity (Wildman–Crippen MR) is 68.2 cm³/mol. The van der Waals surface area contributed by atoms with Gasteiger partial charge in [0.2, 0.25) is 0 Å². The number of aromatic nitrogens is 3. The maximum atomic E-state index is 11.9. The lowest BCUT2D eigenvalue weighted by atomic mass is 10.2. The fraction of sp³-hybridized carbons (Fsp3) is 0.750. The Hall–Kier alpha value is -1.43. The molecule has 1 heterocycles. The summed E-state index contributed by atoms with van der Waals surface area (Å²) in [5.74, 6) is 1.26. The lowest BCUT2D eigenvalue weighted by Crippen LogP contribution is -2.45. The second-order valence-corrected chi connectivity index (χ2v) is 4.51. The number of rotatable bonds is 6. The molecular formula is C12H22N4O2. The van der Waals surface area contributed by atoms with Crippen molar-refractivity contribution in [3.8, 4) is 0 Å². The molecule has 0 aromatic carbocycles. The zero-order valence-electron chi connectivity index (χ0n) is 11.7. The first-order valence-electron chi connectivity index (χ1n) is 6.24. The average molecular weight is 254 g/mol. The molecule has 6 heteroatoms. The van der Waals surface area contributed by atoms with Gasteiger partial charge >= 0.3 is 5.97 Å². The first kappa shape index (κ1) is 14.6. The monoisotopic (exact) mass is 254 g/mol. The second kappa shape index (κ2) is 6.49. The molecule has 0 aliphatic rings. The summed E-state index contributed by atoms with van der Waals surface area (Å²) < 4.78 is 6.79. The summed E-state index contributed by atoms with van der Waals surface area (Å²) in [4.78, 5) is 16.1. The molecule has 0 fully saturated rings. The van der Waals surface area contributed by atoms with E-state index in [1.807, 2.05) is 27.7 Å². The van der Waals surface area contributed by atoms with Gasteiger partial charge in [-0.2, -0.15) is 5.10 Å². The summed E-state index contributed by atoms with van der Waals surface area (Å²) in [5, 5.41) is 7.44. The minimum atomic E-state index is -0.398. The van der Waals surface area contributed by atoms with E-state index in [2.05, 4.69) is 15.4 Å². The van der Waals surface area contributed by atoms with Gasteiger partial charge in [0.05, 0.1) is 13.2 Å². The van der Waals surface area contributed by atoms with Crippen LogP contribution in [0.5, 0.6) is 0 Å². The summed E-state index contributed by atoms with van der Waals surface area (Å²) in [7, 11) is 0. The van der Waals surface area contributed by atoms with E-state index >= 15 is 0 Å². The van der Waals surface area contributed by atoms with Crippen molar-refractivity contribution in [1.29, 1.82) is 0 Å². The molecule has 6 nitrogen and oxygen atoms in total. The number of nitrogens with zero attached hydrogens (tertiary/aromatic N) is 3. The molecule has 18 heavy (non-hydrogen) atoms. The molecule has 0 saturated carbocycles. The van der Waals surface area contributed by atoms with Gasteiger partial charge in [-0.25, -0.2) is 9.67 Å². The molecule has 1 N–H and O–H groups in total. The highest BCUT2D eigenvalue weighted by Crippen LogP contribution is 2.01. The molecule has 1 aromatic heterocycles. The van der Waals surface area contributed by atoms with Crippen LogP contribution in [-0.2, 0) is 16.1 Å². The molecule has 1 unspecified atom stereocenters. The van der Waals surface area contributed by atoms with Crippen molar-refractivity contribution >= 4 is 5.97 Å². The number of hydrogen-bond donors (Lipinski definition) is 1. The number of carbonyl (C=O) groups is 1. The summed E-state index contributed by atoms with van der Waals surface area (Å²) >= 11 is 0. The van der Waals surface area contributed by atoms with E-state index in [1.54, 1.807) is 11.6 Å². The van der Waals surface area contributed by atoms with Crippen molar-refractivity contribution in [2.45, 2.75) is 53.2 Å². The maximum absolute atomic E-state index is 11.9. The van der Waals surface area contributed by atoms with Crippen molar-refractivity contribution < 1.29 is 9.53 Å². The van der Waals surface area contributed by atoms with Crippen molar-refractivity contribution in [1.82, 2.24) is 20.1 Å². The lowest BCUT2D eigenvalue weighted by molar-refractivity contribution is -0.146. The van der Waals surface area contributed by atoms with Crippen molar-refractivity contribution in [3.63, 3.8) is 0 Å². The van der Waals surface area contributed by atoms with Crippen LogP contribution in [0.3, 0.4) is 0 Å². The van der Waals surface area contributed by atoms with Gasteiger partial charge in [-0.05, 0) is 20.8 Å². The van der Waals surface area contributed by atoms with Gasteiger partial charge in [0, 0.05) is 6.04 Å². The van der Waals surface area contributed by atoms with E-state index in [-0.39, 0.29) is 12.0 Å². The standard InChI is InChI=1S/C12H22N4O2/c1-6-18-12(17)11(13-8(2)3)7-16-10(5)14-9(4)15-16/h8,11,13H,6-7H2,1-5H3. The maximum Gasteiger partial charge on any atom is 0.325 e. The van der Waals surface area contributed by atoms with Crippen LogP contribution in [0.2, 0.25) is 0 Å². The van der Waals surface area contributed by atoms with Crippen LogP contribution in [0.25, 0.3) is 0 Å².